The number of carbonyl (C=O) groups excluding carboxylic acids is 2. The molecule has 0 bridgehead atoms. The minimum Gasteiger partial charge on any atom is -0.341 e. The molecule has 25 heavy (non-hydrogen) atoms. The lowest BCUT2D eigenvalue weighted by Crippen LogP contribution is -2.56. The first kappa shape index (κ1) is 17.9. The molecule has 3 rings (SSSR count). The summed E-state index contributed by atoms with van der Waals surface area (Å²) < 4.78 is 0. The summed E-state index contributed by atoms with van der Waals surface area (Å²) in [7, 11) is 0. The third-order valence-electron chi connectivity index (χ3n) is 5.32. The molecule has 0 aliphatic carbocycles. The van der Waals surface area contributed by atoms with Gasteiger partial charge in [0.2, 0.25) is 11.8 Å². The number of hydrogen-bond donors (Lipinski definition) is 0. The fraction of sp³-hybridized carbons (Fsp3) is 0.632. The van der Waals surface area contributed by atoms with Gasteiger partial charge in [-0.2, -0.15) is 0 Å². The number of amides is 2. The van der Waals surface area contributed by atoms with Gasteiger partial charge in [-0.25, -0.2) is 0 Å². The highest BCUT2D eigenvalue weighted by atomic mass is 16.2. The van der Waals surface area contributed by atoms with Gasteiger partial charge in [-0.3, -0.25) is 19.5 Å². The first-order valence-electron chi connectivity index (χ1n) is 9.34. The Labute approximate surface area is 149 Å². The number of likely N-dealkylation sites (tertiary alicyclic amines) is 1. The summed E-state index contributed by atoms with van der Waals surface area (Å²) in [6, 6.07) is 3.70. The van der Waals surface area contributed by atoms with Gasteiger partial charge in [-0.1, -0.05) is 6.07 Å². The van der Waals surface area contributed by atoms with Crippen molar-refractivity contribution in [3.63, 3.8) is 0 Å². The normalized spacial score (nSPS) is 20.4. The maximum absolute atomic E-state index is 12.7. The average molecular weight is 344 g/mol. The Morgan fingerprint density at radius 2 is 1.76 bits per heavy atom. The van der Waals surface area contributed by atoms with Crippen LogP contribution in [0.5, 0.6) is 0 Å². The summed E-state index contributed by atoms with van der Waals surface area (Å²) in [5, 5.41) is 0. The molecular formula is C19H28N4O2. The lowest BCUT2D eigenvalue weighted by atomic mass is 10.1. The van der Waals surface area contributed by atoms with Crippen LogP contribution in [0.25, 0.3) is 0 Å². The van der Waals surface area contributed by atoms with Crippen LogP contribution in [0.1, 0.15) is 31.7 Å². The molecule has 136 valence electrons. The molecule has 3 heterocycles. The Morgan fingerprint density at radius 3 is 2.40 bits per heavy atom. The molecule has 6 heteroatoms. The van der Waals surface area contributed by atoms with Crippen molar-refractivity contribution in [3.05, 3.63) is 30.1 Å². The maximum atomic E-state index is 12.7. The molecule has 2 aliphatic heterocycles. The Balaban J connectivity index is 1.47. The van der Waals surface area contributed by atoms with Gasteiger partial charge >= 0.3 is 0 Å². The van der Waals surface area contributed by atoms with Crippen molar-refractivity contribution in [1.29, 1.82) is 0 Å². The van der Waals surface area contributed by atoms with E-state index >= 15 is 0 Å². The highest BCUT2D eigenvalue weighted by Crippen LogP contribution is 2.14. The van der Waals surface area contributed by atoms with Crippen molar-refractivity contribution >= 4 is 11.8 Å². The number of aromatic nitrogens is 1. The predicted octanol–water partition coefficient (Wildman–Crippen LogP) is 1.17. The SMILES string of the molecule is C[C@@H](C(=O)N1CCCCC1)N1CCN(C(=O)Cc2cccnc2)CC1. The van der Waals surface area contributed by atoms with Gasteiger partial charge in [0.15, 0.2) is 0 Å². The van der Waals surface area contributed by atoms with E-state index in [2.05, 4.69) is 9.88 Å². The van der Waals surface area contributed by atoms with Crippen molar-refractivity contribution in [2.45, 2.75) is 38.6 Å². The molecule has 0 saturated carbocycles. The fourth-order valence-electron chi connectivity index (χ4n) is 3.68. The van der Waals surface area contributed by atoms with Crippen molar-refractivity contribution in [3.8, 4) is 0 Å². The standard InChI is InChI=1S/C19H28N4O2/c1-16(19(25)23-8-3-2-4-9-23)21-10-12-22(13-11-21)18(24)14-17-6-5-7-20-15-17/h5-7,15-16H,2-4,8-14H2,1H3/t16-/m0/s1. The van der Waals surface area contributed by atoms with Crippen LogP contribution in [0.3, 0.4) is 0 Å². The summed E-state index contributed by atoms with van der Waals surface area (Å²) in [5.41, 5.74) is 0.948. The molecule has 0 aromatic carbocycles. The topological polar surface area (TPSA) is 56.8 Å². The number of rotatable bonds is 4. The van der Waals surface area contributed by atoms with E-state index in [1.807, 2.05) is 28.9 Å². The molecular weight excluding hydrogens is 316 g/mol. The second kappa shape index (κ2) is 8.43. The van der Waals surface area contributed by atoms with E-state index in [1.165, 1.54) is 6.42 Å². The predicted molar refractivity (Wildman–Crippen MR) is 96.0 cm³/mol. The molecule has 2 aliphatic rings. The average Bonchev–Trinajstić information content (AvgIpc) is 2.68. The molecule has 2 fully saturated rings. The molecule has 0 radical (unpaired) electrons. The van der Waals surface area contributed by atoms with Crippen LogP contribution in [0.4, 0.5) is 0 Å². The van der Waals surface area contributed by atoms with Crippen molar-refractivity contribution in [1.82, 2.24) is 19.7 Å². The van der Waals surface area contributed by atoms with Crippen LogP contribution in [-0.4, -0.2) is 76.8 Å². The Morgan fingerprint density at radius 1 is 1.04 bits per heavy atom. The zero-order chi connectivity index (χ0) is 17.6. The van der Waals surface area contributed by atoms with Gasteiger partial charge in [0.1, 0.15) is 0 Å². The summed E-state index contributed by atoms with van der Waals surface area (Å²) in [6.07, 6.45) is 7.33. The number of hydrogen-bond acceptors (Lipinski definition) is 4. The Kier molecular flexibility index (Phi) is 6.02. The minimum absolute atomic E-state index is 0.0892. The first-order valence-corrected chi connectivity index (χ1v) is 9.34. The highest BCUT2D eigenvalue weighted by molar-refractivity contribution is 5.82. The largest absolute Gasteiger partial charge is 0.341 e. The fourth-order valence-corrected chi connectivity index (χ4v) is 3.68. The quantitative estimate of drug-likeness (QED) is 0.823. The number of carbonyl (C=O) groups is 2. The lowest BCUT2D eigenvalue weighted by molar-refractivity contribution is -0.139. The van der Waals surface area contributed by atoms with E-state index in [0.717, 1.165) is 44.6 Å². The summed E-state index contributed by atoms with van der Waals surface area (Å²) in [4.78, 5) is 35.3. The molecule has 0 N–H and O–H groups in total. The van der Waals surface area contributed by atoms with Gasteiger partial charge in [0, 0.05) is 51.7 Å². The monoisotopic (exact) mass is 344 g/mol. The second-order valence-electron chi connectivity index (χ2n) is 7.02. The van der Waals surface area contributed by atoms with Gasteiger partial charge in [-0.05, 0) is 37.8 Å². The van der Waals surface area contributed by atoms with Crippen LogP contribution >= 0.6 is 0 Å². The molecule has 1 aromatic heterocycles. The van der Waals surface area contributed by atoms with E-state index < -0.39 is 0 Å². The van der Waals surface area contributed by atoms with Crippen LogP contribution < -0.4 is 0 Å². The number of piperazine rings is 1. The van der Waals surface area contributed by atoms with Crippen LogP contribution in [0.15, 0.2) is 24.5 Å². The van der Waals surface area contributed by atoms with E-state index in [4.69, 9.17) is 0 Å². The molecule has 1 aromatic rings. The molecule has 1 atom stereocenters. The molecule has 6 nitrogen and oxygen atoms in total. The molecule has 0 unspecified atom stereocenters. The Bertz CT molecular complexity index is 578. The minimum atomic E-state index is -0.0892. The van der Waals surface area contributed by atoms with Gasteiger partial charge in [-0.15, -0.1) is 0 Å². The van der Waals surface area contributed by atoms with Crippen molar-refractivity contribution in [2.75, 3.05) is 39.3 Å². The van der Waals surface area contributed by atoms with E-state index in [-0.39, 0.29) is 17.9 Å². The number of piperidine rings is 1. The van der Waals surface area contributed by atoms with Crippen molar-refractivity contribution < 1.29 is 9.59 Å². The maximum Gasteiger partial charge on any atom is 0.239 e. The number of pyridine rings is 1. The molecule has 2 amide bonds. The third-order valence-corrected chi connectivity index (χ3v) is 5.32. The third kappa shape index (κ3) is 4.57. The second-order valence-corrected chi connectivity index (χ2v) is 7.02. The van der Waals surface area contributed by atoms with Crippen LogP contribution in [0.2, 0.25) is 0 Å². The van der Waals surface area contributed by atoms with Gasteiger partial charge in [0.05, 0.1) is 12.5 Å². The van der Waals surface area contributed by atoms with Crippen LogP contribution in [0, 0.1) is 0 Å². The first-order chi connectivity index (χ1) is 12.1. The summed E-state index contributed by atoms with van der Waals surface area (Å²) >= 11 is 0. The zero-order valence-electron chi connectivity index (χ0n) is 15.1. The van der Waals surface area contributed by atoms with Crippen molar-refractivity contribution in [2.24, 2.45) is 0 Å². The lowest BCUT2D eigenvalue weighted by Gasteiger charge is -2.39. The van der Waals surface area contributed by atoms with E-state index in [9.17, 15) is 9.59 Å². The smallest absolute Gasteiger partial charge is 0.239 e. The summed E-state index contributed by atoms with van der Waals surface area (Å²) in [6.45, 7) is 6.70. The Hall–Kier alpha value is -1.95. The van der Waals surface area contributed by atoms with Gasteiger partial charge < -0.3 is 9.80 Å². The highest BCUT2D eigenvalue weighted by Gasteiger charge is 2.30. The summed E-state index contributed by atoms with van der Waals surface area (Å²) in [5.74, 6) is 0.387. The van der Waals surface area contributed by atoms with Crippen LogP contribution in [-0.2, 0) is 16.0 Å². The number of nitrogens with zero attached hydrogens (tertiary/aromatic N) is 4. The van der Waals surface area contributed by atoms with E-state index in [1.54, 1.807) is 12.4 Å². The zero-order valence-corrected chi connectivity index (χ0v) is 15.1. The molecule has 0 spiro atoms. The van der Waals surface area contributed by atoms with Gasteiger partial charge in [0.25, 0.3) is 0 Å². The molecule has 2 saturated heterocycles. The van der Waals surface area contributed by atoms with E-state index in [0.29, 0.717) is 19.5 Å².